The zero-order chi connectivity index (χ0) is 32.4. The number of allylic oxidation sites excluding steroid dienone is 8. The summed E-state index contributed by atoms with van der Waals surface area (Å²) in [4.78, 5) is 24.1. The molecule has 0 aliphatic rings. The van der Waals surface area contributed by atoms with Gasteiger partial charge in [0.05, 0.1) is 12.7 Å². The van der Waals surface area contributed by atoms with Gasteiger partial charge in [-0.25, -0.2) is 0 Å². The number of hydrogen-bond acceptors (Lipinski definition) is 6. The summed E-state index contributed by atoms with van der Waals surface area (Å²) in [5.74, 6) is -0.687. The molecule has 0 rings (SSSR count). The number of carbonyl (C=O) groups excluding carboxylic acids is 2. The van der Waals surface area contributed by atoms with Gasteiger partial charge in [-0.15, -0.1) is 0 Å². The fraction of sp³-hybridized carbons (Fsp3) is 0.684. The second-order valence-electron chi connectivity index (χ2n) is 11.4. The lowest BCUT2D eigenvalue weighted by Gasteiger charge is -2.15. The maximum Gasteiger partial charge on any atom is 0.306 e. The standard InChI is InChI=1S/C38H64O6/c1-3-5-7-8-9-10-11-15-18-21-24-27-31-37(41)43-34-36(33-39)44-38(42)32-28-25-22-19-16-13-12-14-17-20-23-26-30-35(40)29-6-4-2/h6,12-13,17,19-20,22-23,26,29,35-36,39-40H,3-5,7-11,14-16,18,21,24-25,27-28,30-34H2,1-2H3/b13-12-,20-17-,22-19-,26-23+,29-6-/t35?,36-/m0/s1. The first kappa shape index (κ1) is 41.6. The summed E-state index contributed by atoms with van der Waals surface area (Å²) in [6, 6.07) is 0. The van der Waals surface area contributed by atoms with Crippen molar-refractivity contribution in [1.29, 1.82) is 0 Å². The van der Waals surface area contributed by atoms with Crippen LogP contribution in [0.25, 0.3) is 0 Å². The van der Waals surface area contributed by atoms with Crippen LogP contribution in [0.2, 0.25) is 0 Å². The Morgan fingerprint density at radius 3 is 1.86 bits per heavy atom. The Morgan fingerprint density at radius 2 is 1.23 bits per heavy atom. The molecule has 0 heterocycles. The summed E-state index contributed by atoms with van der Waals surface area (Å²) < 4.78 is 10.5. The van der Waals surface area contributed by atoms with Crippen molar-refractivity contribution in [3.63, 3.8) is 0 Å². The quantitative estimate of drug-likeness (QED) is 0.0361. The van der Waals surface area contributed by atoms with Gasteiger partial charge in [0, 0.05) is 12.8 Å². The first-order valence-electron chi connectivity index (χ1n) is 17.5. The highest BCUT2D eigenvalue weighted by molar-refractivity contribution is 5.70. The van der Waals surface area contributed by atoms with Crippen LogP contribution in [0.1, 0.15) is 142 Å². The average molecular weight is 617 g/mol. The second kappa shape index (κ2) is 33.5. The lowest BCUT2D eigenvalue weighted by molar-refractivity contribution is -0.161. The van der Waals surface area contributed by atoms with Crippen molar-refractivity contribution in [3.8, 4) is 0 Å². The minimum absolute atomic E-state index is 0.100. The fourth-order valence-electron chi connectivity index (χ4n) is 4.49. The number of hydrogen-bond donors (Lipinski definition) is 2. The third-order valence-corrected chi connectivity index (χ3v) is 7.15. The van der Waals surface area contributed by atoms with E-state index in [-0.39, 0.29) is 31.6 Å². The van der Waals surface area contributed by atoms with E-state index in [1.54, 1.807) is 0 Å². The smallest absolute Gasteiger partial charge is 0.306 e. The van der Waals surface area contributed by atoms with Crippen LogP contribution in [0, 0.1) is 0 Å². The van der Waals surface area contributed by atoms with Gasteiger partial charge in [-0.3, -0.25) is 9.59 Å². The number of rotatable bonds is 30. The van der Waals surface area contributed by atoms with Crippen LogP contribution in [-0.4, -0.2) is 47.6 Å². The largest absolute Gasteiger partial charge is 0.462 e. The van der Waals surface area contributed by atoms with E-state index in [4.69, 9.17) is 9.47 Å². The molecular formula is C38H64O6. The monoisotopic (exact) mass is 616 g/mol. The maximum atomic E-state index is 12.1. The Balaban J connectivity index is 3.76. The van der Waals surface area contributed by atoms with Crippen molar-refractivity contribution in [2.24, 2.45) is 0 Å². The molecule has 0 aliphatic heterocycles. The summed E-state index contributed by atoms with van der Waals surface area (Å²) in [7, 11) is 0. The van der Waals surface area contributed by atoms with Crippen molar-refractivity contribution in [3.05, 3.63) is 60.8 Å². The molecule has 44 heavy (non-hydrogen) atoms. The Kier molecular flexibility index (Phi) is 31.6. The molecule has 0 radical (unpaired) electrons. The minimum atomic E-state index is -0.812. The van der Waals surface area contributed by atoms with E-state index in [9.17, 15) is 19.8 Å². The maximum absolute atomic E-state index is 12.1. The third-order valence-electron chi connectivity index (χ3n) is 7.15. The van der Waals surface area contributed by atoms with Gasteiger partial charge in [0.15, 0.2) is 6.10 Å². The zero-order valence-electron chi connectivity index (χ0n) is 28.0. The first-order valence-corrected chi connectivity index (χ1v) is 17.5. The van der Waals surface area contributed by atoms with Gasteiger partial charge in [0.25, 0.3) is 0 Å². The van der Waals surface area contributed by atoms with E-state index in [0.29, 0.717) is 19.3 Å². The summed E-state index contributed by atoms with van der Waals surface area (Å²) in [5.41, 5.74) is 0. The molecule has 0 aliphatic carbocycles. The zero-order valence-corrected chi connectivity index (χ0v) is 28.0. The Bertz CT molecular complexity index is 810. The molecule has 2 atom stereocenters. The van der Waals surface area contributed by atoms with Crippen molar-refractivity contribution in [2.45, 2.75) is 154 Å². The van der Waals surface area contributed by atoms with Crippen LogP contribution in [0.4, 0.5) is 0 Å². The van der Waals surface area contributed by atoms with Gasteiger partial charge in [0.1, 0.15) is 6.61 Å². The second-order valence-corrected chi connectivity index (χ2v) is 11.4. The normalized spacial score (nSPS) is 13.6. The molecule has 6 heteroatoms. The van der Waals surface area contributed by atoms with Gasteiger partial charge < -0.3 is 19.7 Å². The van der Waals surface area contributed by atoms with E-state index in [0.717, 1.165) is 44.9 Å². The van der Waals surface area contributed by atoms with Crippen LogP contribution in [0.15, 0.2) is 60.8 Å². The molecule has 0 saturated carbocycles. The molecular weight excluding hydrogens is 552 g/mol. The predicted molar refractivity (Wildman–Crippen MR) is 183 cm³/mol. The van der Waals surface area contributed by atoms with Crippen molar-refractivity contribution in [2.75, 3.05) is 13.2 Å². The van der Waals surface area contributed by atoms with Crippen molar-refractivity contribution in [1.82, 2.24) is 0 Å². The summed E-state index contributed by atoms with van der Waals surface area (Å²) in [5, 5.41) is 19.2. The van der Waals surface area contributed by atoms with Crippen molar-refractivity contribution >= 4 is 11.9 Å². The van der Waals surface area contributed by atoms with E-state index >= 15 is 0 Å². The van der Waals surface area contributed by atoms with Gasteiger partial charge >= 0.3 is 11.9 Å². The Hall–Kier alpha value is -2.44. The number of esters is 2. The van der Waals surface area contributed by atoms with Crippen LogP contribution < -0.4 is 0 Å². The molecule has 0 fully saturated rings. The fourth-order valence-corrected chi connectivity index (χ4v) is 4.49. The summed E-state index contributed by atoms with van der Waals surface area (Å²) in [6.45, 7) is 3.83. The lowest BCUT2D eigenvalue weighted by Crippen LogP contribution is -2.28. The molecule has 6 nitrogen and oxygen atoms in total. The van der Waals surface area contributed by atoms with E-state index in [1.807, 2.05) is 37.3 Å². The Morgan fingerprint density at radius 1 is 0.659 bits per heavy atom. The molecule has 252 valence electrons. The number of carbonyl (C=O) groups is 2. The number of aliphatic hydroxyl groups excluding tert-OH is 2. The number of unbranched alkanes of at least 4 members (excludes halogenated alkanes) is 12. The summed E-state index contributed by atoms with van der Waals surface area (Å²) in [6.07, 6.45) is 39.0. The molecule has 1 unspecified atom stereocenters. The molecule has 2 N–H and O–H groups in total. The van der Waals surface area contributed by atoms with Crippen LogP contribution in [-0.2, 0) is 19.1 Å². The van der Waals surface area contributed by atoms with Gasteiger partial charge in [-0.2, -0.15) is 0 Å². The topological polar surface area (TPSA) is 93.1 Å². The van der Waals surface area contributed by atoms with Crippen LogP contribution in [0.3, 0.4) is 0 Å². The van der Waals surface area contributed by atoms with E-state index < -0.39 is 12.2 Å². The highest BCUT2D eigenvalue weighted by Gasteiger charge is 2.15. The number of ether oxygens (including phenoxy) is 2. The molecule has 0 aromatic carbocycles. The predicted octanol–water partition coefficient (Wildman–Crippen LogP) is 9.42. The SMILES string of the molecule is CC/C=C\C(O)C/C=C/C=C\C/C=C\C/C=C\CCCC(=O)O[C@@H](CO)COC(=O)CCCCCCCCCCCCCC. The lowest BCUT2D eigenvalue weighted by atomic mass is 10.0. The summed E-state index contributed by atoms with van der Waals surface area (Å²) >= 11 is 0. The third kappa shape index (κ3) is 31.0. The van der Waals surface area contributed by atoms with Crippen molar-refractivity contribution < 1.29 is 29.3 Å². The Labute approximate surface area is 269 Å². The molecule has 0 saturated heterocycles. The molecule has 0 amide bonds. The van der Waals surface area contributed by atoms with E-state index in [1.165, 1.54) is 57.8 Å². The molecule has 0 aromatic rings. The highest BCUT2D eigenvalue weighted by atomic mass is 16.6. The van der Waals surface area contributed by atoms with Crippen LogP contribution in [0.5, 0.6) is 0 Å². The average Bonchev–Trinajstić information content (AvgIpc) is 3.02. The van der Waals surface area contributed by atoms with Gasteiger partial charge in [-0.1, -0.05) is 145 Å². The minimum Gasteiger partial charge on any atom is -0.462 e. The van der Waals surface area contributed by atoms with E-state index in [2.05, 4.69) is 37.3 Å². The van der Waals surface area contributed by atoms with Gasteiger partial charge in [0.2, 0.25) is 0 Å². The molecule has 0 aromatic heterocycles. The van der Waals surface area contributed by atoms with Crippen LogP contribution >= 0.6 is 0 Å². The number of aliphatic hydroxyl groups is 2. The van der Waals surface area contributed by atoms with Gasteiger partial charge in [-0.05, 0) is 44.9 Å². The molecule has 0 spiro atoms. The first-order chi connectivity index (χ1) is 21.5. The highest BCUT2D eigenvalue weighted by Crippen LogP contribution is 2.13. The molecule has 0 bridgehead atoms.